The molecule has 0 unspecified atom stereocenters. The maximum absolute atomic E-state index is 12.6. The van der Waals surface area contributed by atoms with Crippen LogP contribution >= 0.6 is 0 Å². The van der Waals surface area contributed by atoms with Gasteiger partial charge in [0.05, 0.1) is 6.33 Å². The molecule has 2 aromatic heterocycles. The van der Waals surface area contributed by atoms with E-state index in [1.165, 1.54) is 0 Å². The molecule has 1 atom stereocenters. The van der Waals surface area contributed by atoms with Crippen LogP contribution in [0.3, 0.4) is 0 Å². The number of ketones is 1. The van der Waals surface area contributed by atoms with Gasteiger partial charge >= 0.3 is 0 Å². The van der Waals surface area contributed by atoms with Crippen LogP contribution in [0.15, 0.2) is 43.0 Å². The molecule has 1 fully saturated rings. The Morgan fingerprint density at radius 1 is 1.20 bits per heavy atom. The molecule has 6 nitrogen and oxygen atoms in total. The summed E-state index contributed by atoms with van der Waals surface area (Å²) in [7, 11) is 0. The van der Waals surface area contributed by atoms with Crippen LogP contribution in [0.4, 0.5) is 5.82 Å². The van der Waals surface area contributed by atoms with Gasteiger partial charge in [0.2, 0.25) is 0 Å². The first-order chi connectivity index (χ1) is 12.3. The zero-order valence-electron chi connectivity index (χ0n) is 14.3. The quantitative estimate of drug-likeness (QED) is 0.671. The van der Waals surface area contributed by atoms with Crippen molar-refractivity contribution in [3.8, 4) is 0 Å². The predicted octanol–water partition coefficient (Wildman–Crippen LogP) is 3.09. The van der Waals surface area contributed by atoms with E-state index >= 15 is 0 Å². The lowest BCUT2D eigenvalue weighted by molar-refractivity contribution is 0.0974. The molecular weight excluding hydrogens is 314 g/mol. The van der Waals surface area contributed by atoms with Gasteiger partial charge in [-0.15, -0.1) is 0 Å². The number of carbonyl (C=O) groups is 1. The fourth-order valence-corrected chi connectivity index (χ4v) is 3.59. The zero-order valence-corrected chi connectivity index (χ0v) is 14.3. The van der Waals surface area contributed by atoms with Crippen LogP contribution < -0.4 is 4.90 Å². The molecule has 3 heterocycles. The van der Waals surface area contributed by atoms with E-state index in [0.717, 1.165) is 48.5 Å². The highest BCUT2D eigenvalue weighted by atomic mass is 16.1. The van der Waals surface area contributed by atoms with Gasteiger partial charge in [0.25, 0.3) is 0 Å². The van der Waals surface area contributed by atoms with Crippen LogP contribution in [-0.2, 0) is 6.54 Å². The second-order valence-corrected chi connectivity index (χ2v) is 6.38. The molecule has 3 aromatic rings. The summed E-state index contributed by atoms with van der Waals surface area (Å²) in [6.45, 7) is 3.79. The molecule has 0 amide bonds. The van der Waals surface area contributed by atoms with Crippen molar-refractivity contribution >= 4 is 22.8 Å². The smallest absolute Gasteiger partial charge is 0.165 e. The average molecular weight is 335 g/mol. The lowest BCUT2D eigenvalue weighted by atomic mass is 10.0. The minimum absolute atomic E-state index is 0.164. The Kier molecular flexibility index (Phi) is 4.17. The van der Waals surface area contributed by atoms with Gasteiger partial charge in [0.15, 0.2) is 22.8 Å². The zero-order chi connectivity index (χ0) is 17.2. The largest absolute Gasteiger partial charge is 0.351 e. The van der Waals surface area contributed by atoms with Crippen molar-refractivity contribution in [2.75, 3.05) is 11.4 Å². The number of aromatic nitrogens is 4. The Bertz CT molecular complexity index is 889. The fourth-order valence-electron chi connectivity index (χ4n) is 3.59. The van der Waals surface area contributed by atoms with Crippen LogP contribution in [0.1, 0.15) is 36.5 Å². The molecule has 0 spiro atoms. The van der Waals surface area contributed by atoms with Gasteiger partial charge in [0, 0.05) is 31.1 Å². The molecule has 0 N–H and O–H groups in total. The van der Waals surface area contributed by atoms with E-state index < -0.39 is 0 Å². The summed E-state index contributed by atoms with van der Waals surface area (Å²) < 4.78 is 2.01. The molecule has 6 heteroatoms. The van der Waals surface area contributed by atoms with Crippen LogP contribution in [-0.4, -0.2) is 37.9 Å². The van der Waals surface area contributed by atoms with Crippen molar-refractivity contribution in [1.29, 1.82) is 0 Å². The SMILES string of the molecule is CCn1cnc2c(N3CCC[C@@H]3CC(=O)c3ccccc3)ncnc21. The van der Waals surface area contributed by atoms with E-state index in [1.54, 1.807) is 6.33 Å². The van der Waals surface area contributed by atoms with E-state index in [4.69, 9.17) is 0 Å². The third-order valence-electron chi connectivity index (χ3n) is 4.89. The minimum Gasteiger partial charge on any atom is -0.351 e. The monoisotopic (exact) mass is 335 g/mol. The lowest BCUT2D eigenvalue weighted by Gasteiger charge is -2.25. The minimum atomic E-state index is 0.164. The molecular formula is C19H21N5O. The summed E-state index contributed by atoms with van der Waals surface area (Å²) in [6.07, 6.45) is 5.97. The van der Waals surface area contributed by atoms with E-state index in [-0.39, 0.29) is 11.8 Å². The Hall–Kier alpha value is -2.76. The number of fused-ring (bicyclic) bond motifs is 1. The molecule has 1 aromatic carbocycles. The Balaban J connectivity index is 1.62. The van der Waals surface area contributed by atoms with Gasteiger partial charge in [-0.25, -0.2) is 15.0 Å². The topological polar surface area (TPSA) is 63.9 Å². The van der Waals surface area contributed by atoms with Gasteiger partial charge in [0.1, 0.15) is 6.33 Å². The molecule has 1 saturated heterocycles. The average Bonchev–Trinajstić information content (AvgIpc) is 3.28. The number of aryl methyl sites for hydroxylation is 1. The molecule has 1 aliphatic rings. The Morgan fingerprint density at radius 2 is 2.04 bits per heavy atom. The summed E-state index contributed by atoms with van der Waals surface area (Å²) in [4.78, 5) is 28.2. The van der Waals surface area contributed by atoms with Gasteiger partial charge < -0.3 is 9.47 Å². The Labute approximate surface area is 146 Å². The van der Waals surface area contributed by atoms with Crippen molar-refractivity contribution in [2.45, 2.75) is 38.8 Å². The van der Waals surface area contributed by atoms with Gasteiger partial charge in [-0.3, -0.25) is 4.79 Å². The summed E-state index contributed by atoms with van der Waals surface area (Å²) in [5.41, 5.74) is 2.45. The number of rotatable bonds is 5. The first-order valence-electron chi connectivity index (χ1n) is 8.78. The van der Waals surface area contributed by atoms with Crippen LogP contribution in [0.2, 0.25) is 0 Å². The van der Waals surface area contributed by atoms with Crippen LogP contribution in [0, 0.1) is 0 Å². The van der Waals surface area contributed by atoms with E-state index in [0.29, 0.717) is 6.42 Å². The van der Waals surface area contributed by atoms with Crippen molar-refractivity contribution < 1.29 is 4.79 Å². The number of anilines is 1. The first kappa shape index (κ1) is 15.7. The number of carbonyl (C=O) groups excluding carboxylic acids is 1. The number of hydrogen-bond acceptors (Lipinski definition) is 5. The number of imidazole rings is 1. The lowest BCUT2D eigenvalue weighted by Crippen LogP contribution is -2.32. The number of hydrogen-bond donors (Lipinski definition) is 0. The van der Waals surface area contributed by atoms with Crippen molar-refractivity contribution in [2.24, 2.45) is 0 Å². The van der Waals surface area contributed by atoms with Gasteiger partial charge in [-0.2, -0.15) is 0 Å². The van der Waals surface area contributed by atoms with E-state index in [2.05, 4.69) is 26.8 Å². The molecule has 4 rings (SSSR count). The number of nitrogens with zero attached hydrogens (tertiary/aromatic N) is 5. The first-order valence-corrected chi connectivity index (χ1v) is 8.78. The summed E-state index contributed by atoms with van der Waals surface area (Å²) in [5, 5.41) is 0. The summed E-state index contributed by atoms with van der Waals surface area (Å²) >= 11 is 0. The molecule has 0 bridgehead atoms. The van der Waals surface area contributed by atoms with Crippen LogP contribution in [0.5, 0.6) is 0 Å². The maximum atomic E-state index is 12.6. The van der Waals surface area contributed by atoms with Crippen molar-refractivity contribution in [3.63, 3.8) is 0 Å². The molecule has 0 aliphatic carbocycles. The third-order valence-corrected chi connectivity index (χ3v) is 4.89. The molecule has 1 aliphatic heterocycles. The molecule has 0 radical (unpaired) electrons. The van der Waals surface area contributed by atoms with Gasteiger partial charge in [-0.1, -0.05) is 30.3 Å². The second-order valence-electron chi connectivity index (χ2n) is 6.38. The van der Waals surface area contributed by atoms with E-state index in [9.17, 15) is 4.79 Å². The summed E-state index contributed by atoms with van der Waals surface area (Å²) in [5.74, 6) is 1.03. The number of benzene rings is 1. The summed E-state index contributed by atoms with van der Waals surface area (Å²) in [6, 6.07) is 9.68. The number of Topliss-reactive ketones (excluding diaryl/α,β-unsaturated/α-hetero) is 1. The third kappa shape index (κ3) is 2.88. The molecule has 25 heavy (non-hydrogen) atoms. The normalized spacial score (nSPS) is 17.3. The maximum Gasteiger partial charge on any atom is 0.165 e. The highest BCUT2D eigenvalue weighted by Gasteiger charge is 2.30. The van der Waals surface area contributed by atoms with Crippen LogP contribution in [0.25, 0.3) is 11.2 Å². The molecule has 128 valence electrons. The fraction of sp³-hybridized carbons (Fsp3) is 0.368. The Morgan fingerprint density at radius 3 is 2.84 bits per heavy atom. The van der Waals surface area contributed by atoms with Gasteiger partial charge in [-0.05, 0) is 19.8 Å². The standard InChI is InChI=1S/C19H21N5O/c1-2-23-13-22-17-18(23)20-12-21-19(17)24-10-6-9-15(24)11-16(25)14-7-4-3-5-8-14/h3-5,7-8,12-13,15H,2,6,9-11H2,1H3/t15-/m1/s1. The molecule has 0 saturated carbocycles. The highest BCUT2D eigenvalue weighted by Crippen LogP contribution is 2.30. The van der Waals surface area contributed by atoms with Crippen molar-refractivity contribution in [3.05, 3.63) is 48.5 Å². The van der Waals surface area contributed by atoms with E-state index in [1.807, 2.05) is 41.2 Å². The predicted molar refractivity (Wildman–Crippen MR) is 96.8 cm³/mol. The second kappa shape index (κ2) is 6.63. The van der Waals surface area contributed by atoms with Crippen molar-refractivity contribution in [1.82, 2.24) is 19.5 Å². The highest BCUT2D eigenvalue weighted by molar-refractivity contribution is 5.96.